The first-order valence-electron chi connectivity index (χ1n) is 11.8. The molecular weight excluding hydrogens is 450 g/mol. The number of aryl methyl sites for hydroxylation is 1. The van der Waals surface area contributed by atoms with E-state index in [9.17, 15) is 18.0 Å². The average Bonchev–Trinajstić information content (AvgIpc) is 2.97. The van der Waals surface area contributed by atoms with Crippen molar-refractivity contribution in [3.8, 4) is 0 Å². The lowest BCUT2D eigenvalue weighted by Crippen LogP contribution is -2.40. The molecule has 34 heavy (non-hydrogen) atoms. The van der Waals surface area contributed by atoms with E-state index < -0.39 is 15.4 Å². The van der Waals surface area contributed by atoms with E-state index in [-0.39, 0.29) is 23.3 Å². The van der Waals surface area contributed by atoms with Crippen LogP contribution in [0.4, 0.5) is 11.4 Å². The van der Waals surface area contributed by atoms with E-state index in [1.165, 1.54) is 9.21 Å². The Morgan fingerprint density at radius 2 is 1.79 bits per heavy atom. The number of fused-ring (bicyclic) bond motifs is 1. The lowest BCUT2D eigenvalue weighted by Gasteiger charge is -2.29. The number of nitrogens with zero attached hydrogens (tertiary/aromatic N) is 2. The molecule has 2 aromatic carbocycles. The third-order valence-corrected chi connectivity index (χ3v) is 9.17. The topological polar surface area (TPSA) is 86.8 Å². The molecule has 0 saturated carbocycles. The van der Waals surface area contributed by atoms with Gasteiger partial charge >= 0.3 is 0 Å². The van der Waals surface area contributed by atoms with E-state index in [1.807, 2.05) is 32.0 Å². The van der Waals surface area contributed by atoms with Crippen LogP contribution in [0.5, 0.6) is 0 Å². The molecule has 0 radical (unpaired) electrons. The van der Waals surface area contributed by atoms with Gasteiger partial charge in [0.15, 0.2) is 0 Å². The molecule has 2 amide bonds. The summed E-state index contributed by atoms with van der Waals surface area (Å²) in [6, 6.07) is 10.5. The molecule has 0 unspecified atom stereocenters. The molecule has 2 aromatic rings. The molecular formula is C26H33N3O4S. The quantitative estimate of drug-likeness (QED) is 0.697. The van der Waals surface area contributed by atoms with Gasteiger partial charge in [-0.05, 0) is 87.4 Å². The number of anilines is 2. The average molecular weight is 484 g/mol. The number of hydrogen-bond acceptors (Lipinski definition) is 4. The summed E-state index contributed by atoms with van der Waals surface area (Å²) in [5.41, 5.74) is 3.04. The maximum Gasteiger partial charge on any atom is 0.244 e. The molecule has 1 N–H and O–H groups in total. The van der Waals surface area contributed by atoms with Crippen molar-refractivity contribution in [3.63, 3.8) is 0 Å². The van der Waals surface area contributed by atoms with Crippen molar-refractivity contribution in [1.29, 1.82) is 0 Å². The maximum absolute atomic E-state index is 13.3. The summed E-state index contributed by atoms with van der Waals surface area (Å²) in [6.45, 7) is 10.5. The summed E-state index contributed by atoms with van der Waals surface area (Å²) in [6.07, 6.45) is 1.69. The zero-order valence-corrected chi connectivity index (χ0v) is 21.3. The summed E-state index contributed by atoms with van der Waals surface area (Å²) in [5, 5.41) is 2.90. The Kier molecular flexibility index (Phi) is 6.33. The van der Waals surface area contributed by atoms with Crippen LogP contribution in [0.2, 0.25) is 0 Å². The monoisotopic (exact) mass is 483 g/mol. The Bertz CT molecular complexity index is 1240. The van der Waals surface area contributed by atoms with Crippen LogP contribution in [-0.2, 0) is 25.0 Å². The molecule has 2 heterocycles. The molecule has 1 fully saturated rings. The fourth-order valence-corrected chi connectivity index (χ4v) is 6.22. The van der Waals surface area contributed by atoms with Gasteiger partial charge in [-0.15, -0.1) is 0 Å². The number of amides is 2. The lowest BCUT2D eigenvalue weighted by atomic mass is 9.86. The minimum absolute atomic E-state index is 0.140. The molecule has 182 valence electrons. The number of piperidine rings is 1. The zero-order chi connectivity index (χ0) is 24.8. The zero-order valence-electron chi connectivity index (χ0n) is 20.5. The standard InChI is InChI=1S/C26H33N3O4S/c1-17-11-13-28(14-12-17)34(32,33)20-9-10-23-21(15-20)26(4,5)25(31)29(23)16-24(30)27-22-8-6-7-18(2)19(22)3/h6-10,15,17H,11-14,16H2,1-5H3,(H,27,30). The Morgan fingerprint density at radius 1 is 1.12 bits per heavy atom. The van der Waals surface area contributed by atoms with Gasteiger partial charge in [0.05, 0.1) is 10.3 Å². The first kappa shape index (κ1) is 24.4. The summed E-state index contributed by atoms with van der Waals surface area (Å²) in [4.78, 5) is 27.8. The summed E-state index contributed by atoms with van der Waals surface area (Å²) >= 11 is 0. The molecule has 2 aliphatic rings. The fourth-order valence-electron chi connectivity index (χ4n) is 4.72. The summed E-state index contributed by atoms with van der Waals surface area (Å²) in [7, 11) is -3.64. The summed E-state index contributed by atoms with van der Waals surface area (Å²) in [5.74, 6) is -0.00360. The number of hydrogen-bond donors (Lipinski definition) is 1. The molecule has 0 bridgehead atoms. The third-order valence-electron chi connectivity index (χ3n) is 7.27. The van der Waals surface area contributed by atoms with E-state index >= 15 is 0 Å². The van der Waals surface area contributed by atoms with Crippen LogP contribution < -0.4 is 10.2 Å². The minimum Gasteiger partial charge on any atom is -0.324 e. The molecule has 0 spiro atoms. The number of nitrogens with one attached hydrogen (secondary N) is 1. The highest BCUT2D eigenvalue weighted by Gasteiger charge is 2.45. The molecule has 2 aliphatic heterocycles. The number of rotatable bonds is 5. The highest BCUT2D eigenvalue weighted by atomic mass is 32.2. The molecule has 0 atom stereocenters. The number of sulfonamides is 1. The van der Waals surface area contributed by atoms with Crippen molar-refractivity contribution < 1.29 is 18.0 Å². The SMILES string of the molecule is Cc1cccc(NC(=O)CN2C(=O)C(C)(C)c3cc(S(=O)(=O)N4CCC(C)CC4)ccc32)c1C. The van der Waals surface area contributed by atoms with Gasteiger partial charge in [-0.25, -0.2) is 8.42 Å². The van der Waals surface area contributed by atoms with Crippen molar-refractivity contribution >= 4 is 33.2 Å². The molecule has 4 rings (SSSR count). The van der Waals surface area contributed by atoms with Crippen molar-refractivity contribution in [2.45, 2.75) is 57.8 Å². The Labute approximate surface area is 202 Å². The molecule has 8 heteroatoms. The first-order chi connectivity index (χ1) is 15.9. The Morgan fingerprint density at radius 3 is 2.47 bits per heavy atom. The van der Waals surface area contributed by atoms with Gasteiger partial charge in [-0.3, -0.25) is 9.59 Å². The molecule has 0 aliphatic carbocycles. The van der Waals surface area contributed by atoms with Gasteiger partial charge < -0.3 is 10.2 Å². The van der Waals surface area contributed by atoms with Crippen molar-refractivity contribution in [2.24, 2.45) is 5.92 Å². The van der Waals surface area contributed by atoms with E-state index in [2.05, 4.69) is 12.2 Å². The minimum atomic E-state index is -3.64. The predicted molar refractivity (Wildman–Crippen MR) is 134 cm³/mol. The maximum atomic E-state index is 13.3. The van der Waals surface area contributed by atoms with Gasteiger partial charge in [0, 0.05) is 24.5 Å². The predicted octanol–water partition coefficient (Wildman–Crippen LogP) is 3.99. The van der Waals surface area contributed by atoms with Gasteiger partial charge in [0.1, 0.15) is 6.54 Å². The van der Waals surface area contributed by atoms with Crippen LogP contribution in [0.3, 0.4) is 0 Å². The van der Waals surface area contributed by atoms with Gasteiger partial charge in [0.2, 0.25) is 21.8 Å². The first-order valence-corrected chi connectivity index (χ1v) is 13.2. The normalized spacial score (nSPS) is 18.7. The van der Waals surface area contributed by atoms with Crippen LogP contribution in [-0.4, -0.2) is 44.2 Å². The van der Waals surface area contributed by atoms with E-state index in [0.717, 1.165) is 24.0 Å². The van der Waals surface area contributed by atoms with Crippen molar-refractivity contribution in [1.82, 2.24) is 4.31 Å². The molecule has 7 nitrogen and oxygen atoms in total. The van der Waals surface area contributed by atoms with E-state index in [4.69, 9.17) is 0 Å². The largest absolute Gasteiger partial charge is 0.324 e. The van der Waals surface area contributed by atoms with E-state index in [1.54, 1.807) is 32.0 Å². The Hall–Kier alpha value is -2.71. The van der Waals surface area contributed by atoms with Crippen LogP contribution in [0.15, 0.2) is 41.3 Å². The molecule has 1 saturated heterocycles. The van der Waals surface area contributed by atoms with Crippen LogP contribution in [0, 0.1) is 19.8 Å². The highest BCUT2D eigenvalue weighted by molar-refractivity contribution is 7.89. The van der Waals surface area contributed by atoms with Gasteiger partial charge in [-0.1, -0.05) is 19.1 Å². The third kappa shape index (κ3) is 4.25. The highest BCUT2D eigenvalue weighted by Crippen LogP contribution is 2.43. The number of carbonyl (C=O) groups is 2. The second-order valence-corrected chi connectivity index (χ2v) is 12.0. The van der Waals surface area contributed by atoms with Gasteiger partial charge in [-0.2, -0.15) is 4.31 Å². The fraction of sp³-hybridized carbons (Fsp3) is 0.462. The lowest BCUT2D eigenvalue weighted by molar-refractivity contribution is -0.124. The van der Waals surface area contributed by atoms with Crippen LogP contribution in [0.25, 0.3) is 0 Å². The summed E-state index contributed by atoms with van der Waals surface area (Å²) < 4.78 is 28.1. The second-order valence-electron chi connectivity index (χ2n) is 10.1. The van der Waals surface area contributed by atoms with Crippen LogP contribution in [0.1, 0.15) is 50.3 Å². The van der Waals surface area contributed by atoms with Crippen molar-refractivity contribution in [2.75, 3.05) is 29.9 Å². The van der Waals surface area contributed by atoms with Gasteiger partial charge in [0.25, 0.3) is 0 Å². The molecule has 0 aromatic heterocycles. The number of carbonyl (C=O) groups excluding carboxylic acids is 2. The van der Waals surface area contributed by atoms with Crippen molar-refractivity contribution in [3.05, 3.63) is 53.1 Å². The smallest absolute Gasteiger partial charge is 0.244 e. The Balaban J connectivity index is 1.60. The number of benzene rings is 2. The van der Waals surface area contributed by atoms with E-state index in [0.29, 0.717) is 35.9 Å². The second kappa shape index (κ2) is 8.82. The van der Waals surface area contributed by atoms with Crippen LogP contribution >= 0.6 is 0 Å².